The Kier molecular flexibility index (Phi) is 3.16. The molecule has 2 aromatic carbocycles. The zero-order valence-electron chi connectivity index (χ0n) is 11.9. The van der Waals surface area contributed by atoms with Crippen LogP contribution in [0.15, 0.2) is 48.5 Å². The first-order chi connectivity index (χ1) is 9.24. The molecule has 1 nitrogen and oxygen atoms in total. The van der Waals surface area contributed by atoms with Gasteiger partial charge in [0.15, 0.2) is 0 Å². The molecule has 0 fully saturated rings. The van der Waals surface area contributed by atoms with Gasteiger partial charge in [0.1, 0.15) is 0 Å². The molecule has 0 saturated heterocycles. The van der Waals surface area contributed by atoms with Crippen LogP contribution in [0.2, 0.25) is 0 Å². The van der Waals surface area contributed by atoms with Crippen LogP contribution in [0.3, 0.4) is 0 Å². The van der Waals surface area contributed by atoms with Crippen LogP contribution < -0.4 is 0 Å². The second-order valence-corrected chi connectivity index (χ2v) is 5.59. The maximum atomic E-state index is 2.36. The summed E-state index contributed by atoms with van der Waals surface area (Å²) in [5, 5.41) is 0. The summed E-state index contributed by atoms with van der Waals surface area (Å²) in [6.45, 7) is 2.29. The minimum absolute atomic E-state index is 0.507. The first kappa shape index (κ1) is 12.4. The van der Waals surface area contributed by atoms with Crippen LogP contribution in [0.25, 0.3) is 11.1 Å². The van der Waals surface area contributed by atoms with Crippen molar-refractivity contribution >= 4 is 0 Å². The Morgan fingerprint density at radius 2 is 1.37 bits per heavy atom. The predicted molar refractivity (Wildman–Crippen MR) is 81.5 cm³/mol. The average molecular weight is 251 g/mol. The summed E-state index contributed by atoms with van der Waals surface area (Å²) >= 11 is 0. The molecule has 0 spiro atoms. The lowest BCUT2D eigenvalue weighted by Crippen LogP contribution is -2.33. The molecule has 1 heteroatoms. The van der Waals surface area contributed by atoms with Gasteiger partial charge in [-0.25, -0.2) is 0 Å². The lowest BCUT2D eigenvalue weighted by Gasteiger charge is -2.30. The van der Waals surface area contributed by atoms with Gasteiger partial charge >= 0.3 is 0 Å². The second-order valence-electron chi connectivity index (χ2n) is 5.59. The highest BCUT2D eigenvalue weighted by Gasteiger charge is 2.33. The fraction of sp³-hybridized carbons (Fsp3) is 0.333. The number of nitrogens with zero attached hydrogens (tertiary/aromatic N) is 1. The van der Waals surface area contributed by atoms with Crippen LogP contribution in [-0.2, 0) is 0 Å². The lowest BCUT2D eigenvalue weighted by atomic mass is 9.87. The molecule has 19 heavy (non-hydrogen) atoms. The molecule has 0 N–H and O–H groups in total. The summed E-state index contributed by atoms with van der Waals surface area (Å²) in [5.74, 6) is 0.507. The summed E-state index contributed by atoms with van der Waals surface area (Å²) in [5.41, 5.74) is 5.82. The number of benzene rings is 2. The van der Waals surface area contributed by atoms with Crippen LogP contribution >= 0.6 is 0 Å². The van der Waals surface area contributed by atoms with E-state index in [0.29, 0.717) is 12.0 Å². The molecule has 2 aromatic rings. The fourth-order valence-electron chi connectivity index (χ4n) is 3.51. The van der Waals surface area contributed by atoms with Crippen molar-refractivity contribution in [2.24, 2.45) is 0 Å². The van der Waals surface area contributed by atoms with Gasteiger partial charge in [-0.3, -0.25) is 0 Å². The second kappa shape index (κ2) is 4.82. The molecule has 0 aromatic heterocycles. The Morgan fingerprint density at radius 3 is 1.79 bits per heavy atom. The van der Waals surface area contributed by atoms with Gasteiger partial charge in [-0.2, -0.15) is 0 Å². The highest BCUT2D eigenvalue weighted by molar-refractivity contribution is 5.79. The third kappa shape index (κ3) is 1.89. The van der Waals surface area contributed by atoms with Crippen molar-refractivity contribution in [3.63, 3.8) is 0 Å². The predicted octanol–water partition coefficient (Wildman–Crippen LogP) is 4.14. The van der Waals surface area contributed by atoms with Crippen molar-refractivity contribution in [3.05, 3.63) is 59.7 Å². The molecule has 1 unspecified atom stereocenters. The third-order valence-electron chi connectivity index (χ3n) is 4.35. The van der Waals surface area contributed by atoms with Gasteiger partial charge in [0.05, 0.1) is 0 Å². The molecular weight excluding hydrogens is 230 g/mol. The number of rotatable bonds is 3. The smallest absolute Gasteiger partial charge is 0.0257 e. The van der Waals surface area contributed by atoms with Crippen molar-refractivity contribution in [1.29, 1.82) is 0 Å². The van der Waals surface area contributed by atoms with E-state index >= 15 is 0 Å². The van der Waals surface area contributed by atoms with Gasteiger partial charge in [-0.1, -0.05) is 55.5 Å². The molecule has 1 aliphatic rings. The summed E-state index contributed by atoms with van der Waals surface area (Å²) < 4.78 is 0. The average Bonchev–Trinajstić information content (AvgIpc) is 2.75. The van der Waals surface area contributed by atoms with Gasteiger partial charge < -0.3 is 4.90 Å². The number of fused-ring (bicyclic) bond motifs is 3. The zero-order chi connectivity index (χ0) is 13.4. The molecule has 1 atom stereocenters. The van der Waals surface area contributed by atoms with Crippen molar-refractivity contribution in [2.45, 2.75) is 25.3 Å². The van der Waals surface area contributed by atoms with E-state index in [-0.39, 0.29) is 0 Å². The first-order valence-corrected chi connectivity index (χ1v) is 7.08. The lowest BCUT2D eigenvalue weighted by molar-refractivity contribution is 0.264. The fourth-order valence-corrected chi connectivity index (χ4v) is 3.51. The van der Waals surface area contributed by atoms with E-state index in [0.717, 1.165) is 0 Å². The minimum Gasteiger partial charge on any atom is -0.306 e. The summed E-state index contributed by atoms with van der Waals surface area (Å²) in [6.07, 6.45) is 1.17. The Hall–Kier alpha value is -1.60. The van der Waals surface area contributed by atoms with Crippen LogP contribution in [0.4, 0.5) is 0 Å². The minimum atomic E-state index is 0.507. The van der Waals surface area contributed by atoms with E-state index in [1.807, 2.05) is 0 Å². The van der Waals surface area contributed by atoms with Crippen molar-refractivity contribution in [2.75, 3.05) is 14.1 Å². The molecule has 0 heterocycles. The first-order valence-electron chi connectivity index (χ1n) is 7.08. The normalized spacial score (nSPS) is 15.4. The molecule has 0 saturated carbocycles. The summed E-state index contributed by atoms with van der Waals surface area (Å²) in [6, 6.07) is 18.3. The van der Waals surface area contributed by atoms with Gasteiger partial charge in [0, 0.05) is 12.0 Å². The molecule has 98 valence electrons. The molecule has 1 aliphatic carbocycles. The van der Waals surface area contributed by atoms with Crippen molar-refractivity contribution in [3.8, 4) is 11.1 Å². The van der Waals surface area contributed by atoms with Crippen LogP contribution in [0.1, 0.15) is 30.4 Å². The highest BCUT2D eigenvalue weighted by Crippen LogP contribution is 2.47. The van der Waals surface area contributed by atoms with Gasteiger partial charge in [0.25, 0.3) is 0 Å². The monoisotopic (exact) mass is 251 g/mol. The quantitative estimate of drug-likeness (QED) is 0.792. The van der Waals surface area contributed by atoms with Crippen molar-refractivity contribution < 1.29 is 0 Å². The maximum Gasteiger partial charge on any atom is 0.0257 e. The van der Waals surface area contributed by atoms with Crippen LogP contribution in [-0.4, -0.2) is 25.0 Å². The van der Waals surface area contributed by atoms with E-state index in [2.05, 4.69) is 74.4 Å². The number of hydrogen-bond acceptors (Lipinski definition) is 1. The molecular formula is C18H21N. The summed E-state index contributed by atoms with van der Waals surface area (Å²) in [4.78, 5) is 2.36. The highest BCUT2D eigenvalue weighted by atomic mass is 15.1. The van der Waals surface area contributed by atoms with E-state index in [4.69, 9.17) is 0 Å². The Bertz CT molecular complexity index is 540. The van der Waals surface area contributed by atoms with E-state index in [1.165, 1.54) is 28.7 Å². The standard InChI is InChI=1S/C18H21N/c1-4-17(19(2)3)18-15-11-7-5-9-13(15)14-10-6-8-12-16(14)18/h5-12,17-18H,4H2,1-3H3. The molecule has 3 rings (SSSR count). The van der Waals surface area contributed by atoms with E-state index in [1.54, 1.807) is 0 Å². The Morgan fingerprint density at radius 1 is 0.895 bits per heavy atom. The van der Waals surface area contributed by atoms with Gasteiger partial charge in [-0.05, 0) is 42.8 Å². The molecule has 0 radical (unpaired) electrons. The Balaban J connectivity index is 2.19. The van der Waals surface area contributed by atoms with Crippen LogP contribution in [0, 0.1) is 0 Å². The molecule has 0 bridgehead atoms. The maximum absolute atomic E-state index is 2.36. The van der Waals surface area contributed by atoms with Gasteiger partial charge in [0.2, 0.25) is 0 Å². The van der Waals surface area contributed by atoms with Gasteiger partial charge in [-0.15, -0.1) is 0 Å². The topological polar surface area (TPSA) is 3.24 Å². The molecule has 0 amide bonds. The molecule has 0 aliphatic heterocycles. The Labute approximate surface area is 115 Å². The largest absolute Gasteiger partial charge is 0.306 e. The van der Waals surface area contributed by atoms with E-state index in [9.17, 15) is 0 Å². The SMILES string of the molecule is CCC(C1c2ccccc2-c2ccccc21)N(C)C. The summed E-state index contributed by atoms with van der Waals surface area (Å²) in [7, 11) is 4.38. The zero-order valence-corrected chi connectivity index (χ0v) is 11.9. The van der Waals surface area contributed by atoms with E-state index < -0.39 is 0 Å². The van der Waals surface area contributed by atoms with Crippen LogP contribution in [0.5, 0.6) is 0 Å². The third-order valence-corrected chi connectivity index (χ3v) is 4.35. The van der Waals surface area contributed by atoms with Crippen molar-refractivity contribution in [1.82, 2.24) is 4.90 Å². The number of likely N-dealkylation sites (N-methyl/N-ethyl adjacent to an activating group) is 1. The number of hydrogen-bond donors (Lipinski definition) is 0.